The van der Waals surface area contributed by atoms with Gasteiger partial charge in [-0.3, -0.25) is 9.69 Å². The van der Waals surface area contributed by atoms with E-state index in [2.05, 4.69) is 16.7 Å². The molecular formula is C29H47FN4O2. The highest BCUT2D eigenvalue weighted by Crippen LogP contribution is 2.39. The average Bonchev–Trinajstić information content (AvgIpc) is 2.90. The predicted molar refractivity (Wildman–Crippen MR) is 142 cm³/mol. The van der Waals surface area contributed by atoms with E-state index in [0.717, 1.165) is 39.0 Å². The Balaban J connectivity index is 1.20. The number of carbonyl (C=O) groups excluding carboxylic acids is 1. The molecule has 0 unspecified atom stereocenters. The first-order valence-corrected chi connectivity index (χ1v) is 14.3. The summed E-state index contributed by atoms with van der Waals surface area (Å²) in [5, 5.41) is 0. The molecule has 1 amide bonds. The molecule has 6 nitrogen and oxygen atoms in total. The van der Waals surface area contributed by atoms with Crippen LogP contribution in [-0.4, -0.2) is 79.1 Å². The molecule has 1 atom stereocenters. The molecule has 3 fully saturated rings. The summed E-state index contributed by atoms with van der Waals surface area (Å²) in [4.78, 5) is 19.9. The Morgan fingerprint density at radius 1 is 1.08 bits per heavy atom. The van der Waals surface area contributed by atoms with Crippen molar-refractivity contribution in [3.63, 3.8) is 0 Å². The molecule has 0 radical (unpaired) electrons. The lowest BCUT2D eigenvalue weighted by Gasteiger charge is -2.40. The topological polar surface area (TPSA) is 62.0 Å². The summed E-state index contributed by atoms with van der Waals surface area (Å²) in [7, 11) is 0. The molecule has 3 aliphatic rings. The van der Waals surface area contributed by atoms with Crippen LogP contribution < -0.4 is 10.5 Å². The van der Waals surface area contributed by atoms with Gasteiger partial charge < -0.3 is 20.3 Å². The molecule has 1 aromatic carbocycles. The van der Waals surface area contributed by atoms with E-state index in [4.69, 9.17) is 10.5 Å². The van der Waals surface area contributed by atoms with Crippen molar-refractivity contribution in [2.75, 3.05) is 52.4 Å². The van der Waals surface area contributed by atoms with E-state index in [1.807, 2.05) is 17.9 Å². The lowest BCUT2D eigenvalue weighted by molar-refractivity contribution is -0.136. The third-order valence-electron chi connectivity index (χ3n) is 8.96. The Morgan fingerprint density at radius 3 is 2.44 bits per heavy atom. The van der Waals surface area contributed by atoms with Gasteiger partial charge in [0.05, 0.1) is 12.6 Å². The normalized spacial score (nSPS) is 22.9. The minimum Gasteiger partial charge on any atom is -0.493 e. The number of amides is 1. The maximum atomic E-state index is 14.4. The summed E-state index contributed by atoms with van der Waals surface area (Å²) < 4.78 is 20.1. The average molecular weight is 503 g/mol. The molecule has 7 heteroatoms. The maximum Gasteiger partial charge on any atom is 0.239 e. The van der Waals surface area contributed by atoms with Crippen molar-refractivity contribution in [3.8, 4) is 5.75 Å². The first-order chi connectivity index (χ1) is 17.4. The van der Waals surface area contributed by atoms with Gasteiger partial charge in [-0.25, -0.2) is 4.39 Å². The fourth-order valence-corrected chi connectivity index (χ4v) is 6.36. The molecule has 2 heterocycles. The van der Waals surface area contributed by atoms with Gasteiger partial charge in [0.2, 0.25) is 5.91 Å². The van der Waals surface area contributed by atoms with E-state index in [-0.39, 0.29) is 17.6 Å². The Labute approximate surface area is 217 Å². The number of ether oxygens (including phenoxy) is 1. The van der Waals surface area contributed by atoms with Crippen LogP contribution in [0.4, 0.5) is 4.39 Å². The highest BCUT2D eigenvalue weighted by molar-refractivity contribution is 5.82. The molecular weight excluding hydrogens is 455 g/mol. The zero-order valence-corrected chi connectivity index (χ0v) is 22.5. The first-order valence-electron chi connectivity index (χ1n) is 14.3. The molecule has 36 heavy (non-hydrogen) atoms. The second-order valence-electron chi connectivity index (χ2n) is 11.6. The van der Waals surface area contributed by atoms with Crippen molar-refractivity contribution in [1.29, 1.82) is 0 Å². The molecule has 0 aromatic heterocycles. The fraction of sp³-hybridized carbons (Fsp3) is 0.759. The third-order valence-corrected chi connectivity index (χ3v) is 8.96. The van der Waals surface area contributed by atoms with Crippen molar-refractivity contribution in [3.05, 3.63) is 29.6 Å². The molecule has 2 N–H and O–H groups in total. The second kappa shape index (κ2) is 12.7. The van der Waals surface area contributed by atoms with Crippen LogP contribution in [0.25, 0.3) is 0 Å². The van der Waals surface area contributed by atoms with E-state index in [1.165, 1.54) is 51.1 Å². The lowest BCUT2D eigenvalue weighted by atomic mass is 9.73. The number of rotatable bonds is 9. The molecule has 2 aliphatic heterocycles. The summed E-state index contributed by atoms with van der Waals surface area (Å²) in [5.74, 6) is 0.728. The van der Waals surface area contributed by atoms with Crippen LogP contribution in [0.1, 0.15) is 70.8 Å². The van der Waals surface area contributed by atoms with E-state index in [0.29, 0.717) is 43.0 Å². The number of piperidine rings is 1. The highest BCUT2D eigenvalue weighted by Gasteiger charge is 2.34. The van der Waals surface area contributed by atoms with Crippen molar-refractivity contribution in [2.24, 2.45) is 17.1 Å². The van der Waals surface area contributed by atoms with Crippen molar-refractivity contribution in [2.45, 2.75) is 77.8 Å². The summed E-state index contributed by atoms with van der Waals surface area (Å²) in [5.41, 5.74) is 7.65. The van der Waals surface area contributed by atoms with Crippen LogP contribution in [0.3, 0.4) is 0 Å². The minimum absolute atomic E-state index is 0.0868. The van der Waals surface area contributed by atoms with Crippen molar-refractivity contribution >= 4 is 5.91 Å². The van der Waals surface area contributed by atoms with E-state index in [9.17, 15) is 9.18 Å². The quantitative estimate of drug-likeness (QED) is 0.547. The van der Waals surface area contributed by atoms with Gasteiger partial charge in [0, 0.05) is 38.3 Å². The minimum atomic E-state index is -0.411. The monoisotopic (exact) mass is 502 g/mol. The molecule has 1 aliphatic carbocycles. The van der Waals surface area contributed by atoms with Crippen LogP contribution in [-0.2, 0) is 11.3 Å². The molecule has 0 spiro atoms. The Kier molecular flexibility index (Phi) is 9.65. The number of nitrogens with two attached hydrogens (primary N) is 1. The van der Waals surface area contributed by atoms with Gasteiger partial charge in [0.1, 0.15) is 11.6 Å². The van der Waals surface area contributed by atoms with Crippen LogP contribution in [0.15, 0.2) is 18.2 Å². The van der Waals surface area contributed by atoms with E-state index in [1.54, 1.807) is 6.07 Å². The fourth-order valence-electron chi connectivity index (χ4n) is 6.36. The molecule has 4 rings (SSSR count). The molecule has 202 valence electrons. The van der Waals surface area contributed by atoms with Crippen molar-refractivity contribution in [1.82, 2.24) is 14.7 Å². The highest BCUT2D eigenvalue weighted by atomic mass is 19.1. The number of carbonyl (C=O) groups is 1. The lowest BCUT2D eigenvalue weighted by Crippen LogP contribution is -2.55. The molecule has 1 aromatic rings. The summed E-state index contributed by atoms with van der Waals surface area (Å²) >= 11 is 0. The van der Waals surface area contributed by atoms with Gasteiger partial charge >= 0.3 is 0 Å². The number of benzene rings is 1. The van der Waals surface area contributed by atoms with Crippen LogP contribution >= 0.6 is 0 Å². The second-order valence-corrected chi connectivity index (χ2v) is 11.6. The van der Waals surface area contributed by atoms with Gasteiger partial charge in [0.15, 0.2) is 0 Å². The molecule has 0 bridgehead atoms. The summed E-state index contributed by atoms with van der Waals surface area (Å²) in [6.45, 7) is 11.4. The maximum absolute atomic E-state index is 14.4. The SMILES string of the molecule is CCOc1cccc(F)c1CN1CCN(C(=O)[C@H](N)C2CCN(CCC3(C)CCCCC3)CC2)CC1. The van der Waals surface area contributed by atoms with Crippen LogP contribution in [0, 0.1) is 17.2 Å². The Morgan fingerprint density at radius 2 is 1.78 bits per heavy atom. The number of hydrogen-bond acceptors (Lipinski definition) is 5. The van der Waals surface area contributed by atoms with Crippen LogP contribution in [0.5, 0.6) is 5.75 Å². The van der Waals surface area contributed by atoms with Gasteiger partial charge in [-0.1, -0.05) is 32.3 Å². The Bertz CT molecular complexity index is 844. The number of halogens is 1. The number of nitrogens with zero attached hydrogens (tertiary/aromatic N) is 3. The first kappa shape index (κ1) is 27.3. The van der Waals surface area contributed by atoms with Crippen molar-refractivity contribution < 1.29 is 13.9 Å². The van der Waals surface area contributed by atoms with Gasteiger partial charge in [-0.15, -0.1) is 0 Å². The van der Waals surface area contributed by atoms with E-state index < -0.39 is 6.04 Å². The number of hydrogen-bond donors (Lipinski definition) is 1. The largest absolute Gasteiger partial charge is 0.493 e. The zero-order chi connectivity index (χ0) is 25.5. The standard InChI is InChI=1S/C29H47FN4O2/c1-3-36-26-9-7-8-25(30)24(26)22-33-18-20-34(21-19-33)28(35)27(31)23-10-15-32(16-11-23)17-14-29(2)12-5-4-6-13-29/h7-9,23,27H,3-6,10-22,31H2,1-2H3/t27-/m1/s1. The van der Waals surface area contributed by atoms with Gasteiger partial charge in [-0.2, -0.15) is 0 Å². The van der Waals surface area contributed by atoms with Gasteiger partial charge in [0.25, 0.3) is 0 Å². The molecule has 1 saturated carbocycles. The van der Waals surface area contributed by atoms with E-state index >= 15 is 0 Å². The molecule has 2 saturated heterocycles. The third kappa shape index (κ3) is 6.99. The summed E-state index contributed by atoms with van der Waals surface area (Å²) in [6, 6.07) is 4.58. The summed E-state index contributed by atoms with van der Waals surface area (Å²) in [6.07, 6.45) is 10.3. The van der Waals surface area contributed by atoms with Gasteiger partial charge in [-0.05, 0) is 82.1 Å². The van der Waals surface area contributed by atoms with Crippen LogP contribution in [0.2, 0.25) is 0 Å². The predicted octanol–water partition coefficient (Wildman–Crippen LogP) is 4.27. The Hall–Kier alpha value is -1.70. The zero-order valence-electron chi connectivity index (χ0n) is 22.5. The number of likely N-dealkylation sites (tertiary alicyclic amines) is 1. The number of piperazine rings is 1. The smallest absolute Gasteiger partial charge is 0.239 e.